The Bertz CT molecular complexity index is 700. The third kappa shape index (κ3) is 8.08. The lowest BCUT2D eigenvalue weighted by Crippen LogP contribution is -2.53. The summed E-state index contributed by atoms with van der Waals surface area (Å²) in [5, 5.41) is 23.0. The molecule has 1 rings (SSSR count). The molecule has 0 aliphatic carbocycles. The van der Waals surface area contributed by atoms with E-state index in [2.05, 4.69) is 10.6 Å². The maximum absolute atomic E-state index is 12.6. The van der Waals surface area contributed by atoms with Gasteiger partial charge in [0.15, 0.2) is 0 Å². The summed E-state index contributed by atoms with van der Waals surface area (Å²) >= 11 is 0. The number of carboxylic acids is 1. The molecule has 0 saturated heterocycles. The van der Waals surface area contributed by atoms with E-state index in [4.69, 9.17) is 10.00 Å². The molecule has 3 atom stereocenters. The highest BCUT2D eigenvalue weighted by Gasteiger charge is 2.30. The SMILES string of the molecule is CC(C)C[C@H](NC(=O)OCc1ccccc1)C(=O)N[C@@H](C(=O)O)[C@H](C)CC#N. The van der Waals surface area contributed by atoms with Gasteiger partial charge in [0, 0.05) is 12.3 Å². The lowest BCUT2D eigenvalue weighted by molar-refractivity contribution is -0.143. The normalized spacial score (nSPS) is 13.7. The molecule has 8 nitrogen and oxygen atoms in total. The predicted octanol–water partition coefficient (Wildman–Crippen LogP) is 2.45. The molecule has 1 aromatic rings. The van der Waals surface area contributed by atoms with E-state index in [9.17, 15) is 19.5 Å². The van der Waals surface area contributed by atoms with Crippen LogP contribution in [0.4, 0.5) is 4.79 Å². The summed E-state index contributed by atoms with van der Waals surface area (Å²) in [7, 11) is 0. The molecule has 3 N–H and O–H groups in total. The minimum absolute atomic E-state index is 0.0152. The molecule has 0 bridgehead atoms. The molecule has 0 spiro atoms. The number of rotatable bonds is 10. The van der Waals surface area contributed by atoms with Gasteiger partial charge >= 0.3 is 12.1 Å². The second-order valence-corrected chi connectivity index (χ2v) is 7.05. The van der Waals surface area contributed by atoms with Gasteiger partial charge in [-0.05, 0) is 17.9 Å². The van der Waals surface area contributed by atoms with Crippen molar-refractivity contribution in [3.63, 3.8) is 0 Å². The highest BCUT2D eigenvalue weighted by atomic mass is 16.5. The lowest BCUT2D eigenvalue weighted by atomic mass is 9.97. The average molecular weight is 389 g/mol. The summed E-state index contributed by atoms with van der Waals surface area (Å²) in [5.74, 6) is -2.35. The van der Waals surface area contributed by atoms with E-state index >= 15 is 0 Å². The largest absolute Gasteiger partial charge is 0.480 e. The van der Waals surface area contributed by atoms with Crippen LogP contribution in [0.3, 0.4) is 0 Å². The number of carbonyl (C=O) groups excluding carboxylic acids is 2. The molecule has 8 heteroatoms. The number of benzene rings is 1. The summed E-state index contributed by atoms with van der Waals surface area (Å²) in [4.78, 5) is 36.1. The molecule has 0 saturated carbocycles. The lowest BCUT2D eigenvalue weighted by Gasteiger charge is -2.24. The van der Waals surface area contributed by atoms with Gasteiger partial charge in [0.25, 0.3) is 0 Å². The van der Waals surface area contributed by atoms with E-state index in [-0.39, 0.29) is 18.9 Å². The Morgan fingerprint density at radius 1 is 1.14 bits per heavy atom. The minimum atomic E-state index is -1.23. The molecule has 0 aliphatic heterocycles. The van der Waals surface area contributed by atoms with Crippen molar-refractivity contribution in [3.8, 4) is 6.07 Å². The molecule has 0 fully saturated rings. The van der Waals surface area contributed by atoms with Crippen LogP contribution in [0.1, 0.15) is 39.2 Å². The van der Waals surface area contributed by atoms with Crippen molar-refractivity contribution in [3.05, 3.63) is 35.9 Å². The van der Waals surface area contributed by atoms with Crippen LogP contribution in [-0.2, 0) is 20.9 Å². The van der Waals surface area contributed by atoms with E-state index < -0.39 is 36.0 Å². The van der Waals surface area contributed by atoms with Crippen LogP contribution in [0, 0.1) is 23.2 Å². The number of nitrogens with one attached hydrogen (secondary N) is 2. The Labute approximate surface area is 164 Å². The number of hydrogen-bond donors (Lipinski definition) is 3. The van der Waals surface area contributed by atoms with Gasteiger partial charge in [-0.2, -0.15) is 5.26 Å². The highest BCUT2D eigenvalue weighted by molar-refractivity contribution is 5.89. The molecular formula is C20H27N3O5. The zero-order chi connectivity index (χ0) is 21.1. The molecule has 0 radical (unpaired) electrons. The van der Waals surface area contributed by atoms with E-state index in [0.717, 1.165) is 5.56 Å². The van der Waals surface area contributed by atoms with Crippen LogP contribution in [-0.4, -0.2) is 35.2 Å². The molecule has 0 aromatic heterocycles. The second-order valence-electron chi connectivity index (χ2n) is 7.05. The van der Waals surface area contributed by atoms with Crippen LogP contribution in [0.5, 0.6) is 0 Å². The standard InChI is InChI=1S/C20H27N3O5/c1-13(2)11-16(18(24)23-17(19(25)26)14(3)9-10-21)22-20(27)28-12-15-7-5-4-6-8-15/h4-8,13-14,16-17H,9,11-12H2,1-3H3,(H,22,27)(H,23,24)(H,25,26)/t14-,16+,17-/m1/s1. The number of ether oxygens (including phenoxy) is 1. The van der Waals surface area contributed by atoms with Crippen molar-refractivity contribution >= 4 is 18.0 Å². The second kappa shape index (κ2) is 11.6. The first-order chi connectivity index (χ1) is 13.2. The number of hydrogen-bond acceptors (Lipinski definition) is 5. The van der Waals surface area contributed by atoms with Crippen LogP contribution in [0.15, 0.2) is 30.3 Å². The number of amides is 2. The van der Waals surface area contributed by atoms with Crippen molar-refractivity contribution in [2.24, 2.45) is 11.8 Å². The topological polar surface area (TPSA) is 129 Å². The quantitative estimate of drug-likeness (QED) is 0.564. The third-order valence-corrected chi connectivity index (χ3v) is 4.07. The fourth-order valence-corrected chi connectivity index (χ4v) is 2.57. The molecule has 0 heterocycles. The van der Waals surface area contributed by atoms with Crippen molar-refractivity contribution in [2.45, 2.75) is 52.3 Å². The molecule has 152 valence electrons. The smallest absolute Gasteiger partial charge is 0.408 e. The summed E-state index contributed by atoms with van der Waals surface area (Å²) < 4.78 is 5.14. The zero-order valence-electron chi connectivity index (χ0n) is 16.3. The Balaban J connectivity index is 2.74. The molecular weight excluding hydrogens is 362 g/mol. The van der Waals surface area contributed by atoms with Crippen molar-refractivity contribution < 1.29 is 24.2 Å². The Hall–Kier alpha value is -3.08. The Morgan fingerprint density at radius 2 is 1.79 bits per heavy atom. The molecule has 1 aromatic carbocycles. The van der Waals surface area contributed by atoms with Gasteiger partial charge in [-0.15, -0.1) is 0 Å². The first-order valence-corrected chi connectivity index (χ1v) is 9.12. The molecule has 2 amide bonds. The summed E-state index contributed by atoms with van der Waals surface area (Å²) in [6, 6.07) is 8.83. The Kier molecular flexibility index (Phi) is 9.51. The number of carboxylic acid groups (broad SMARTS) is 1. The van der Waals surface area contributed by atoms with Gasteiger partial charge in [0.05, 0.1) is 6.07 Å². The number of nitriles is 1. The summed E-state index contributed by atoms with van der Waals surface area (Å²) in [5.41, 5.74) is 0.804. The highest BCUT2D eigenvalue weighted by Crippen LogP contribution is 2.11. The monoisotopic (exact) mass is 389 g/mol. The van der Waals surface area contributed by atoms with Crippen LogP contribution in [0.2, 0.25) is 0 Å². The number of alkyl carbamates (subject to hydrolysis) is 1. The van der Waals surface area contributed by atoms with E-state index in [0.29, 0.717) is 6.42 Å². The first kappa shape index (κ1) is 23.0. The fraction of sp³-hybridized carbons (Fsp3) is 0.500. The van der Waals surface area contributed by atoms with E-state index in [1.54, 1.807) is 19.1 Å². The average Bonchev–Trinajstić information content (AvgIpc) is 2.64. The third-order valence-electron chi connectivity index (χ3n) is 4.07. The first-order valence-electron chi connectivity index (χ1n) is 9.12. The Morgan fingerprint density at radius 3 is 2.32 bits per heavy atom. The van der Waals surface area contributed by atoms with Gasteiger partial charge in [-0.25, -0.2) is 9.59 Å². The maximum atomic E-state index is 12.6. The number of carbonyl (C=O) groups is 3. The number of aliphatic carboxylic acids is 1. The van der Waals surface area contributed by atoms with Gasteiger partial charge in [-0.3, -0.25) is 4.79 Å². The minimum Gasteiger partial charge on any atom is -0.480 e. The maximum Gasteiger partial charge on any atom is 0.408 e. The van der Waals surface area contributed by atoms with Gasteiger partial charge in [-0.1, -0.05) is 51.1 Å². The zero-order valence-corrected chi connectivity index (χ0v) is 16.3. The molecule has 0 aliphatic rings. The van der Waals surface area contributed by atoms with Gasteiger partial charge < -0.3 is 20.5 Å². The van der Waals surface area contributed by atoms with Crippen molar-refractivity contribution in [1.29, 1.82) is 5.26 Å². The van der Waals surface area contributed by atoms with Gasteiger partial charge in [0.1, 0.15) is 18.7 Å². The number of nitrogens with zero attached hydrogens (tertiary/aromatic N) is 1. The molecule has 0 unspecified atom stereocenters. The van der Waals surface area contributed by atoms with E-state index in [1.807, 2.05) is 38.1 Å². The predicted molar refractivity (Wildman–Crippen MR) is 102 cm³/mol. The van der Waals surface area contributed by atoms with E-state index in [1.165, 1.54) is 0 Å². The van der Waals surface area contributed by atoms with Crippen LogP contribution in [0.25, 0.3) is 0 Å². The van der Waals surface area contributed by atoms with Crippen molar-refractivity contribution in [1.82, 2.24) is 10.6 Å². The fourth-order valence-electron chi connectivity index (χ4n) is 2.57. The summed E-state index contributed by atoms with van der Waals surface area (Å²) in [6.07, 6.45) is -0.467. The van der Waals surface area contributed by atoms with Crippen molar-refractivity contribution in [2.75, 3.05) is 0 Å². The molecule has 28 heavy (non-hydrogen) atoms. The van der Waals surface area contributed by atoms with Crippen LogP contribution < -0.4 is 10.6 Å². The summed E-state index contributed by atoms with van der Waals surface area (Å²) in [6.45, 7) is 5.38. The van der Waals surface area contributed by atoms with Gasteiger partial charge in [0.2, 0.25) is 5.91 Å². The van der Waals surface area contributed by atoms with Crippen LogP contribution >= 0.6 is 0 Å².